The Morgan fingerprint density at radius 1 is 1.25 bits per heavy atom. The van der Waals surface area contributed by atoms with Gasteiger partial charge in [-0.2, -0.15) is 0 Å². The van der Waals surface area contributed by atoms with E-state index in [0.717, 1.165) is 6.42 Å². The van der Waals surface area contributed by atoms with Crippen molar-refractivity contribution in [2.24, 2.45) is 5.92 Å². The zero-order valence-corrected chi connectivity index (χ0v) is 10.8. The van der Waals surface area contributed by atoms with Crippen LogP contribution in [0.25, 0.3) is 0 Å². The molecule has 1 rings (SSSR count). The van der Waals surface area contributed by atoms with Gasteiger partial charge >= 0.3 is 6.00 Å². The summed E-state index contributed by atoms with van der Waals surface area (Å²) < 4.78 is 0. The van der Waals surface area contributed by atoms with E-state index in [1.165, 1.54) is 19.3 Å². The average molecular weight is 246 g/mol. The molecule has 0 spiro atoms. The molecule has 0 amide bonds. The van der Waals surface area contributed by atoms with Crippen molar-refractivity contribution >= 4 is 39.2 Å². The first-order valence-corrected chi connectivity index (χ1v) is 9.48. The molecule has 72 valence electrons. The van der Waals surface area contributed by atoms with Gasteiger partial charge in [-0.05, 0) is 12.3 Å². The lowest BCUT2D eigenvalue weighted by Crippen LogP contribution is -2.38. The minimum absolute atomic E-state index is 0.00984. The summed E-state index contributed by atoms with van der Waals surface area (Å²) in [6.07, 6.45) is 4.84. The third kappa shape index (κ3) is 1.94. The number of hydrogen-bond acceptors (Lipinski definition) is 0. The molecule has 0 aliphatic heterocycles. The van der Waals surface area contributed by atoms with E-state index >= 15 is 0 Å². The van der Waals surface area contributed by atoms with Gasteiger partial charge < -0.3 is 0 Å². The lowest BCUT2D eigenvalue weighted by molar-refractivity contribution is 0.291. The molecule has 0 nitrogen and oxygen atoms in total. The summed E-state index contributed by atoms with van der Waals surface area (Å²) in [5.74, 6) is 0.574. The Hall–Kier alpha value is 1.09. The number of rotatable bonds is 1. The molecule has 0 aromatic heterocycles. The van der Waals surface area contributed by atoms with Crippen LogP contribution in [0.15, 0.2) is 0 Å². The Morgan fingerprint density at radius 2 is 1.83 bits per heavy atom. The van der Waals surface area contributed by atoms with Gasteiger partial charge in [-0.1, -0.05) is 33.1 Å². The standard InChI is InChI=1S/C8H15Cl3Si/c1-7-5-3-4-6-8(7,2)12(9,10)11/h7H,3-6H2,1-2H3. The average Bonchev–Trinajstić information content (AvgIpc) is 1.93. The molecule has 0 aromatic carbocycles. The van der Waals surface area contributed by atoms with Crippen molar-refractivity contribution in [2.45, 2.75) is 44.6 Å². The highest BCUT2D eigenvalue weighted by Crippen LogP contribution is 2.58. The SMILES string of the molecule is CC1CCCCC1(C)[Si](Cl)(Cl)Cl. The molecule has 2 atom stereocenters. The molecule has 1 fully saturated rings. The molecule has 1 aliphatic carbocycles. The van der Waals surface area contributed by atoms with Crippen LogP contribution in [-0.4, -0.2) is 6.00 Å². The molecular formula is C8H15Cl3Si. The van der Waals surface area contributed by atoms with Crippen molar-refractivity contribution in [2.75, 3.05) is 0 Å². The fraction of sp³-hybridized carbons (Fsp3) is 1.00. The van der Waals surface area contributed by atoms with Gasteiger partial charge in [0.25, 0.3) is 0 Å². The summed E-state index contributed by atoms with van der Waals surface area (Å²) in [6, 6.07) is -2.53. The van der Waals surface area contributed by atoms with E-state index in [0.29, 0.717) is 5.92 Å². The van der Waals surface area contributed by atoms with Crippen LogP contribution in [0.2, 0.25) is 5.04 Å². The van der Waals surface area contributed by atoms with E-state index in [9.17, 15) is 0 Å². The van der Waals surface area contributed by atoms with Gasteiger partial charge in [0.2, 0.25) is 0 Å². The molecule has 0 N–H and O–H groups in total. The predicted octanol–water partition coefficient (Wildman–Crippen LogP) is 4.61. The number of hydrogen-bond donors (Lipinski definition) is 0. The topological polar surface area (TPSA) is 0 Å². The Morgan fingerprint density at radius 3 is 2.17 bits per heavy atom. The molecule has 12 heavy (non-hydrogen) atoms. The van der Waals surface area contributed by atoms with Gasteiger partial charge in [0.1, 0.15) is 0 Å². The quantitative estimate of drug-likeness (QED) is 0.467. The van der Waals surface area contributed by atoms with E-state index in [-0.39, 0.29) is 5.04 Å². The molecule has 0 radical (unpaired) electrons. The molecule has 1 saturated carbocycles. The van der Waals surface area contributed by atoms with Crippen molar-refractivity contribution in [3.63, 3.8) is 0 Å². The van der Waals surface area contributed by atoms with Crippen LogP contribution in [0.1, 0.15) is 39.5 Å². The van der Waals surface area contributed by atoms with Crippen molar-refractivity contribution < 1.29 is 0 Å². The maximum atomic E-state index is 6.12. The van der Waals surface area contributed by atoms with Crippen molar-refractivity contribution in [3.8, 4) is 0 Å². The highest BCUT2D eigenvalue weighted by Gasteiger charge is 2.51. The van der Waals surface area contributed by atoms with Gasteiger partial charge in [-0.25, -0.2) is 0 Å². The van der Waals surface area contributed by atoms with Gasteiger partial charge in [-0.15, -0.1) is 33.2 Å². The summed E-state index contributed by atoms with van der Waals surface area (Å²) in [4.78, 5) is 0. The van der Waals surface area contributed by atoms with Crippen LogP contribution in [0.5, 0.6) is 0 Å². The summed E-state index contributed by atoms with van der Waals surface area (Å²) in [5.41, 5.74) is 0. The zero-order chi connectivity index (χ0) is 9.41. The van der Waals surface area contributed by atoms with Gasteiger partial charge in [0, 0.05) is 5.04 Å². The predicted molar refractivity (Wildman–Crippen MR) is 59.3 cm³/mol. The molecule has 2 unspecified atom stereocenters. The zero-order valence-electron chi connectivity index (χ0n) is 7.54. The van der Waals surface area contributed by atoms with E-state index in [1.807, 2.05) is 0 Å². The second kappa shape index (κ2) is 3.68. The molecule has 0 aromatic rings. The second-order valence-electron chi connectivity index (χ2n) is 4.06. The Kier molecular flexibility index (Phi) is 3.43. The summed E-state index contributed by atoms with van der Waals surface area (Å²) in [5, 5.41) is 0.00984. The van der Waals surface area contributed by atoms with Gasteiger partial charge in [-0.3, -0.25) is 0 Å². The highest BCUT2D eigenvalue weighted by molar-refractivity contribution is 7.65. The lowest BCUT2D eigenvalue weighted by Gasteiger charge is -2.43. The van der Waals surface area contributed by atoms with E-state index < -0.39 is 6.00 Å². The summed E-state index contributed by atoms with van der Waals surface area (Å²) in [6.45, 7) is 4.37. The Balaban J connectivity index is 2.79. The van der Waals surface area contributed by atoms with Crippen LogP contribution in [0.3, 0.4) is 0 Å². The van der Waals surface area contributed by atoms with Gasteiger partial charge in [0.05, 0.1) is 0 Å². The Bertz CT molecular complexity index is 166. The van der Waals surface area contributed by atoms with E-state index in [1.54, 1.807) is 0 Å². The van der Waals surface area contributed by atoms with Crippen molar-refractivity contribution in [3.05, 3.63) is 0 Å². The summed E-state index contributed by atoms with van der Waals surface area (Å²) in [7, 11) is 0. The van der Waals surface area contributed by atoms with E-state index in [2.05, 4.69) is 13.8 Å². The maximum Gasteiger partial charge on any atom is 0.347 e. The fourth-order valence-electron chi connectivity index (χ4n) is 1.93. The Labute approximate surface area is 89.7 Å². The first-order valence-electron chi connectivity index (χ1n) is 4.44. The third-order valence-corrected chi connectivity index (χ3v) is 9.24. The lowest BCUT2D eigenvalue weighted by atomic mass is 9.81. The van der Waals surface area contributed by atoms with Crippen LogP contribution in [0, 0.1) is 5.92 Å². The monoisotopic (exact) mass is 244 g/mol. The van der Waals surface area contributed by atoms with Gasteiger partial charge in [0.15, 0.2) is 0 Å². The third-order valence-electron chi connectivity index (χ3n) is 3.32. The largest absolute Gasteiger partial charge is 0.347 e. The molecule has 0 bridgehead atoms. The molecule has 0 heterocycles. The molecule has 1 aliphatic rings. The molecule has 0 saturated heterocycles. The van der Waals surface area contributed by atoms with E-state index in [4.69, 9.17) is 33.2 Å². The second-order valence-corrected chi connectivity index (χ2v) is 13.0. The van der Waals surface area contributed by atoms with Crippen LogP contribution < -0.4 is 0 Å². The van der Waals surface area contributed by atoms with Crippen molar-refractivity contribution in [1.29, 1.82) is 0 Å². The minimum Gasteiger partial charge on any atom is -0.125 e. The molecular weight excluding hydrogens is 231 g/mol. The first kappa shape index (κ1) is 11.2. The number of halogens is 3. The van der Waals surface area contributed by atoms with Crippen LogP contribution in [-0.2, 0) is 0 Å². The van der Waals surface area contributed by atoms with Crippen molar-refractivity contribution in [1.82, 2.24) is 0 Å². The maximum absolute atomic E-state index is 6.12. The summed E-state index contributed by atoms with van der Waals surface area (Å²) >= 11 is 18.4. The first-order chi connectivity index (χ1) is 5.38. The fourth-order valence-corrected chi connectivity index (χ4v) is 5.62. The van der Waals surface area contributed by atoms with Crippen LogP contribution in [0.4, 0.5) is 0 Å². The molecule has 4 heteroatoms. The van der Waals surface area contributed by atoms with Crippen LogP contribution >= 0.6 is 33.2 Å². The minimum atomic E-state index is -2.53. The normalized spacial score (nSPS) is 38.2. The smallest absolute Gasteiger partial charge is 0.125 e. The highest BCUT2D eigenvalue weighted by atomic mass is 35.8.